The molecule has 0 aliphatic rings. The SMILES string of the molecule is CCCNC(=O)c1ccc(N/C(=C/C(=O)OC)C(=O)OC)cc1. The molecule has 2 N–H and O–H groups in total. The molecule has 0 aromatic heterocycles. The summed E-state index contributed by atoms with van der Waals surface area (Å²) in [5.74, 6) is -1.56. The van der Waals surface area contributed by atoms with Crippen LogP contribution in [-0.4, -0.2) is 38.6 Å². The van der Waals surface area contributed by atoms with Crippen molar-refractivity contribution >= 4 is 23.5 Å². The molecule has 124 valence electrons. The van der Waals surface area contributed by atoms with Gasteiger partial charge in [-0.25, -0.2) is 9.59 Å². The summed E-state index contributed by atoms with van der Waals surface area (Å²) in [6, 6.07) is 6.46. The fourth-order valence-electron chi connectivity index (χ4n) is 1.63. The van der Waals surface area contributed by atoms with Crippen LogP contribution in [0.3, 0.4) is 0 Å². The molecule has 0 aliphatic carbocycles. The van der Waals surface area contributed by atoms with E-state index < -0.39 is 11.9 Å². The Morgan fingerprint density at radius 2 is 1.74 bits per heavy atom. The van der Waals surface area contributed by atoms with Crippen molar-refractivity contribution in [1.82, 2.24) is 5.32 Å². The summed E-state index contributed by atoms with van der Waals surface area (Å²) >= 11 is 0. The number of hydrogen-bond donors (Lipinski definition) is 2. The summed E-state index contributed by atoms with van der Waals surface area (Å²) in [6.45, 7) is 2.57. The zero-order valence-corrected chi connectivity index (χ0v) is 13.3. The van der Waals surface area contributed by atoms with Crippen LogP contribution >= 0.6 is 0 Å². The third-order valence-electron chi connectivity index (χ3n) is 2.83. The van der Waals surface area contributed by atoms with Gasteiger partial charge >= 0.3 is 11.9 Å². The predicted molar refractivity (Wildman–Crippen MR) is 84.8 cm³/mol. The molecule has 0 aliphatic heterocycles. The maximum Gasteiger partial charge on any atom is 0.354 e. The van der Waals surface area contributed by atoms with Gasteiger partial charge in [0.2, 0.25) is 0 Å². The predicted octanol–water partition coefficient (Wildman–Crippen LogP) is 1.47. The van der Waals surface area contributed by atoms with Gasteiger partial charge in [-0.05, 0) is 30.7 Å². The lowest BCUT2D eigenvalue weighted by Gasteiger charge is -2.10. The van der Waals surface area contributed by atoms with E-state index in [0.717, 1.165) is 12.5 Å². The van der Waals surface area contributed by atoms with E-state index in [-0.39, 0.29) is 11.6 Å². The molecule has 0 radical (unpaired) electrons. The first-order valence-electron chi connectivity index (χ1n) is 7.05. The first-order chi connectivity index (χ1) is 11.0. The molecule has 0 atom stereocenters. The summed E-state index contributed by atoms with van der Waals surface area (Å²) < 4.78 is 9.08. The third kappa shape index (κ3) is 5.82. The Bertz CT molecular complexity index is 593. The average Bonchev–Trinajstić information content (AvgIpc) is 2.58. The van der Waals surface area contributed by atoms with Gasteiger partial charge in [0.15, 0.2) is 0 Å². The molecule has 0 saturated carbocycles. The van der Waals surface area contributed by atoms with Crippen LogP contribution in [0, 0.1) is 0 Å². The Hall–Kier alpha value is -2.83. The number of carbonyl (C=O) groups excluding carboxylic acids is 3. The first kappa shape index (κ1) is 18.2. The monoisotopic (exact) mass is 320 g/mol. The second kappa shape index (κ2) is 9.24. The number of amides is 1. The van der Waals surface area contributed by atoms with Crippen molar-refractivity contribution in [2.75, 3.05) is 26.1 Å². The zero-order chi connectivity index (χ0) is 17.2. The highest BCUT2D eigenvalue weighted by Gasteiger charge is 2.13. The number of anilines is 1. The number of esters is 2. The number of hydrogen-bond acceptors (Lipinski definition) is 6. The lowest BCUT2D eigenvalue weighted by Crippen LogP contribution is -2.23. The number of ether oxygens (including phenoxy) is 2. The smallest absolute Gasteiger partial charge is 0.354 e. The molecule has 0 heterocycles. The number of nitrogens with one attached hydrogen (secondary N) is 2. The minimum Gasteiger partial charge on any atom is -0.466 e. The van der Waals surface area contributed by atoms with Crippen molar-refractivity contribution in [3.05, 3.63) is 41.6 Å². The fraction of sp³-hybridized carbons (Fsp3) is 0.312. The summed E-state index contributed by atoms with van der Waals surface area (Å²) in [7, 11) is 2.41. The minimum absolute atomic E-state index is 0.0671. The number of methoxy groups -OCH3 is 2. The van der Waals surface area contributed by atoms with Gasteiger partial charge in [0.1, 0.15) is 5.70 Å². The number of benzene rings is 1. The molecule has 0 fully saturated rings. The number of rotatable bonds is 7. The van der Waals surface area contributed by atoms with E-state index in [9.17, 15) is 14.4 Å². The van der Waals surface area contributed by atoms with E-state index in [1.165, 1.54) is 14.2 Å². The van der Waals surface area contributed by atoms with Gasteiger partial charge in [-0.15, -0.1) is 0 Å². The van der Waals surface area contributed by atoms with Gasteiger partial charge in [-0.1, -0.05) is 6.92 Å². The molecular formula is C16H20N2O5. The molecule has 1 aromatic carbocycles. The van der Waals surface area contributed by atoms with Crippen molar-refractivity contribution in [1.29, 1.82) is 0 Å². The Labute approximate surface area is 134 Å². The van der Waals surface area contributed by atoms with Crippen molar-refractivity contribution in [3.8, 4) is 0 Å². The van der Waals surface area contributed by atoms with Crippen LogP contribution in [0.2, 0.25) is 0 Å². The highest BCUT2D eigenvalue weighted by Crippen LogP contribution is 2.13. The van der Waals surface area contributed by atoms with E-state index >= 15 is 0 Å². The molecule has 7 nitrogen and oxygen atoms in total. The lowest BCUT2D eigenvalue weighted by atomic mass is 10.2. The number of carbonyl (C=O) groups is 3. The van der Waals surface area contributed by atoms with Gasteiger partial charge in [-0.2, -0.15) is 0 Å². The second-order valence-electron chi connectivity index (χ2n) is 4.53. The van der Waals surface area contributed by atoms with Crippen molar-refractivity contribution in [3.63, 3.8) is 0 Å². The van der Waals surface area contributed by atoms with Crippen molar-refractivity contribution in [2.24, 2.45) is 0 Å². The molecule has 0 spiro atoms. The average molecular weight is 320 g/mol. The van der Waals surface area contributed by atoms with Crippen LogP contribution in [0.1, 0.15) is 23.7 Å². The van der Waals surface area contributed by atoms with Gasteiger partial charge < -0.3 is 20.1 Å². The van der Waals surface area contributed by atoms with Crippen LogP contribution in [0.25, 0.3) is 0 Å². The van der Waals surface area contributed by atoms with Crippen LogP contribution in [0.4, 0.5) is 5.69 Å². The molecule has 1 amide bonds. The lowest BCUT2D eigenvalue weighted by molar-refractivity contribution is -0.138. The van der Waals surface area contributed by atoms with Crippen LogP contribution < -0.4 is 10.6 Å². The normalized spacial score (nSPS) is 10.7. The molecule has 0 saturated heterocycles. The highest BCUT2D eigenvalue weighted by molar-refractivity contribution is 5.99. The Morgan fingerprint density at radius 1 is 1.09 bits per heavy atom. The van der Waals surface area contributed by atoms with Crippen molar-refractivity contribution < 1.29 is 23.9 Å². The van der Waals surface area contributed by atoms with Gasteiger partial charge in [0, 0.05) is 17.8 Å². The molecule has 1 rings (SSSR count). The van der Waals surface area contributed by atoms with Crippen LogP contribution in [-0.2, 0) is 19.1 Å². The Kier molecular flexibility index (Phi) is 7.32. The molecule has 0 unspecified atom stereocenters. The van der Waals surface area contributed by atoms with Gasteiger partial charge in [0.25, 0.3) is 5.91 Å². The van der Waals surface area contributed by atoms with Crippen LogP contribution in [0.15, 0.2) is 36.0 Å². The Morgan fingerprint density at radius 3 is 2.26 bits per heavy atom. The zero-order valence-electron chi connectivity index (χ0n) is 13.3. The van der Waals surface area contributed by atoms with Crippen LogP contribution in [0.5, 0.6) is 0 Å². The molecule has 1 aromatic rings. The van der Waals surface area contributed by atoms with Gasteiger partial charge in [0.05, 0.1) is 20.3 Å². The summed E-state index contributed by atoms with van der Waals surface area (Å²) in [6.07, 6.45) is 1.85. The third-order valence-corrected chi connectivity index (χ3v) is 2.83. The summed E-state index contributed by atoms with van der Waals surface area (Å²) in [5.41, 5.74) is 0.959. The fourth-order valence-corrected chi connectivity index (χ4v) is 1.63. The molecular weight excluding hydrogens is 300 g/mol. The van der Waals surface area contributed by atoms with E-state index in [1.807, 2.05) is 6.92 Å². The standard InChI is InChI=1S/C16H20N2O5/c1-4-9-17-15(20)11-5-7-12(8-6-11)18-13(16(21)23-3)10-14(19)22-2/h5-8,10,18H,4,9H2,1-3H3,(H,17,20)/b13-10+. The molecule has 0 bridgehead atoms. The summed E-state index contributed by atoms with van der Waals surface area (Å²) in [4.78, 5) is 34.7. The minimum atomic E-state index is -0.708. The topological polar surface area (TPSA) is 93.7 Å². The summed E-state index contributed by atoms with van der Waals surface area (Å²) in [5, 5.41) is 5.52. The quantitative estimate of drug-likeness (QED) is 0.584. The molecule has 7 heteroatoms. The molecule has 23 heavy (non-hydrogen) atoms. The van der Waals surface area contributed by atoms with Gasteiger partial charge in [-0.3, -0.25) is 4.79 Å². The highest BCUT2D eigenvalue weighted by atomic mass is 16.5. The van der Waals surface area contributed by atoms with E-state index in [2.05, 4.69) is 20.1 Å². The van der Waals surface area contributed by atoms with E-state index in [0.29, 0.717) is 17.8 Å². The first-order valence-corrected chi connectivity index (χ1v) is 7.05. The van der Waals surface area contributed by atoms with Crippen molar-refractivity contribution in [2.45, 2.75) is 13.3 Å². The second-order valence-corrected chi connectivity index (χ2v) is 4.53. The van der Waals surface area contributed by atoms with E-state index in [1.54, 1.807) is 24.3 Å². The van der Waals surface area contributed by atoms with E-state index in [4.69, 9.17) is 0 Å². The maximum atomic E-state index is 11.8. The maximum absolute atomic E-state index is 11.8. The largest absolute Gasteiger partial charge is 0.466 e. The Balaban J connectivity index is 2.85.